The second-order valence-electron chi connectivity index (χ2n) is 6.13. The van der Waals surface area contributed by atoms with E-state index in [1.165, 1.54) is 6.07 Å². The standard InChI is InChI=1S/C16H23N3O3S/c1-12(2)7-6-10-17-15(20)11-19(3)16-13-8-4-5-9-14(13)23(21,22)18-16/h4-5,8-9,12H,6-7,10-11H2,1-3H3,(H,17,20). The highest BCUT2D eigenvalue weighted by molar-refractivity contribution is 7.90. The van der Waals surface area contributed by atoms with Crippen LogP contribution in [0.4, 0.5) is 0 Å². The van der Waals surface area contributed by atoms with E-state index in [4.69, 9.17) is 0 Å². The molecule has 2 rings (SSSR count). The normalized spacial score (nSPS) is 15.2. The third kappa shape index (κ3) is 4.31. The summed E-state index contributed by atoms with van der Waals surface area (Å²) in [7, 11) is -1.98. The highest BCUT2D eigenvalue weighted by atomic mass is 32.2. The lowest BCUT2D eigenvalue weighted by Gasteiger charge is -2.18. The van der Waals surface area contributed by atoms with Gasteiger partial charge in [-0.3, -0.25) is 4.79 Å². The van der Waals surface area contributed by atoms with Crippen LogP contribution in [0.3, 0.4) is 0 Å². The van der Waals surface area contributed by atoms with E-state index in [0.717, 1.165) is 12.8 Å². The summed E-state index contributed by atoms with van der Waals surface area (Å²) in [4.78, 5) is 13.7. The number of hydrogen-bond donors (Lipinski definition) is 1. The molecule has 0 unspecified atom stereocenters. The van der Waals surface area contributed by atoms with Gasteiger partial charge in [0.05, 0.1) is 6.54 Å². The van der Waals surface area contributed by atoms with Crippen molar-refractivity contribution in [2.45, 2.75) is 31.6 Å². The van der Waals surface area contributed by atoms with Crippen LogP contribution in [0.25, 0.3) is 0 Å². The molecule has 23 heavy (non-hydrogen) atoms. The monoisotopic (exact) mass is 337 g/mol. The molecule has 0 saturated heterocycles. The van der Waals surface area contributed by atoms with Crippen molar-refractivity contribution in [2.75, 3.05) is 20.1 Å². The van der Waals surface area contributed by atoms with Crippen molar-refractivity contribution in [1.82, 2.24) is 10.2 Å². The summed E-state index contributed by atoms with van der Waals surface area (Å²) in [5.41, 5.74) is 0.544. The predicted octanol–water partition coefficient (Wildman–Crippen LogP) is 1.62. The van der Waals surface area contributed by atoms with Gasteiger partial charge in [0, 0.05) is 19.2 Å². The Morgan fingerprint density at radius 3 is 2.70 bits per heavy atom. The zero-order valence-corrected chi connectivity index (χ0v) is 14.6. The van der Waals surface area contributed by atoms with Gasteiger partial charge >= 0.3 is 0 Å². The zero-order valence-electron chi connectivity index (χ0n) is 13.7. The van der Waals surface area contributed by atoms with Gasteiger partial charge in [0.1, 0.15) is 4.90 Å². The minimum absolute atomic E-state index is 0.0738. The molecule has 1 aliphatic rings. The number of carbonyl (C=O) groups is 1. The Morgan fingerprint density at radius 2 is 2.00 bits per heavy atom. The van der Waals surface area contributed by atoms with Crippen LogP contribution in [0, 0.1) is 5.92 Å². The van der Waals surface area contributed by atoms with Crippen LogP contribution in [0.5, 0.6) is 0 Å². The lowest BCUT2D eigenvalue weighted by Crippen LogP contribution is -2.38. The second-order valence-corrected chi connectivity index (χ2v) is 7.70. The van der Waals surface area contributed by atoms with E-state index in [2.05, 4.69) is 23.6 Å². The lowest BCUT2D eigenvalue weighted by molar-refractivity contribution is -0.121. The molecule has 1 aromatic carbocycles. The summed E-state index contributed by atoms with van der Waals surface area (Å²) in [6.45, 7) is 4.99. The number of fused-ring (bicyclic) bond motifs is 1. The van der Waals surface area contributed by atoms with E-state index in [-0.39, 0.29) is 17.3 Å². The largest absolute Gasteiger partial charge is 0.355 e. The highest BCUT2D eigenvalue weighted by Crippen LogP contribution is 2.26. The van der Waals surface area contributed by atoms with E-state index in [1.54, 1.807) is 30.1 Å². The van der Waals surface area contributed by atoms with Gasteiger partial charge in [-0.1, -0.05) is 26.0 Å². The Morgan fingerprint density at radius 1 is 1.30 bits per heavy atom. The minimum Gasteiger partial charge on any atom is -0.355 e. The van der Waals surface area contributed by atoms with Gasteiger partial charge in [0.15, 0.2) is 5.84 Å². The molecule has 0 radical (unpaired) electrons. The lowest BCUT2D eigenvalue weighted by atomic mass is 10.1. The van der Waals surface area contributed by atoms with Gasteiger partial charge in [0.25, 0.3) is 10.0 Å². The van der Waals surface area contributed by atoms with Crippen LogP contribution in [0.1, 0.15) is 32.3 Å². The number of benzene rings is 1. The molecular formula is C16H23N3O3S. The third-order valence-corrected chi connectivity index (χ3v) is 4.96. The van der Waals surface area contributed by atoms with Crippen LogP contribution < -0.4 is 5.32 Å². The second kappa shape index (κ2) is 7.12. The fourth-order valence-corrected chi connectivity index (χ4v) is 3.70. The Balaban J connectivity index is 1.97. The van der Waals surface area contributed by atoms with Crippen LogP contribution in [0.2, 0.25) is 0 Å². The molecule has 1 aliphatic heterocycles. The first-order chi connectivity index (χ1) is 10.8. The Hall–Kier alpha value is -1.89. The highest BCUT2D eigenvalue weighted by Gasteiger charge is 2.30. The van der Waals surface area contributed by atoms with Crippen LogP contribution >= 0.6 is 0 Å². The molecule has 0 aliphatic carbocycles. The number of carbonyl (C=O) groups excluding carboxylic acids is 1. The summed E-state index contributed by atoms with van der Waals surface area (Å²) in [6, 6.07) is 6.65. The molecule has 1 heterocycles. The quantitative estimate of drug-likeness (QED) is 0.800. The Bertz CT molecular complexity index is 711. The van der Waals surface area contributed by atoms with Gasteiger partial charge in [-0.25, -0.2) is 0 Å². The van der Waals surface area contributed by atoms with E-state index in [9.17, 15) is 13.2 Å². The maximum absolute atomic E-state index is 12.0. The summed E-state index contributed by atoms with van der Waals surface area (Å²) in [6.07, 6.45) is 2.00. The molecule has 1 aromatic rings. The first kappa shape index (κ1) is 17.5. The van der Waals surface area contributed by atoms with E-state index in [0.29, 0.717) is 23.9 Å². The van der Waals surface area contributed by atoms with Gasteiger partial charge in [-0.2, -0.15) is 8.42 Å². The first-order valence-electron chi connectivity index (χ1n) is 7.73. The average molecular weight is 337 g/mol. The fourth-order valence-electron chi connectivity index (χ4n) is 2.45. The number of nitrogens with one attached hydrogen (secondary N) is 1. The molecule has 1 N–H and O–H groups in total. The van der Waals surface area contributed by atoms with Crippen molar-refractivity contribution in [2.24, 2.45) is 10.3 Å². The molecule has 0 spiro atoms. The van der Waals surface area contributed by atoms with Gasteiger partial charge < -0.3 is 10.2 Å². The van der Waals surface area contributed by atoms with Crippen molar-refractivity contribution in [1.29, 1.82) is 0 Å². The molecule has 126 valence electrons. The maximum atomic E-state index is 12.0. The SMILES string of the molecule is CC(C)CCCNC(=O)CN(C)C1=NS(=O)(=O)c2ccccc21. The topological polar surface area (TPSA) is 78.8 Å². The van der Waals surface area contributed by atoms with Crippen molar-refractivity contribution in [3.8, 4) is 0 Å². The fraction of sp³-hybridized carbons (Fsp3) is 0.500. The Labute approximate surface area is 137 Å². The number of hydrogen-bond acceptors (Lipinski definition) is 4. The number of sulfonamides is 1. The van der Waals surface area contributed by atoms with Crippen LogP contribution in [-0.2, 0) is 14.8 Å². The third-order valence-electron chi connectivity index (χ3n) is 3.64. The summed E-state index contributed by atoms with van der Waals surface area (Å²) < 4.78 is 27.8. The number of likely N-dealkylation sites (N-methyl/N-ethyl adjacent to an activating group) is 1. The van der Waals surface area contributed by atoms with E-state index >= 15 is 0 Å². The van der Waals surface area contributed by atoms with E-state index < -0.39 is 10.0 Å². The minimum atomic E-state index is -3.65. The average Bonchev–Trinajstić information content (AvgIpc) is 2.76. The van der Waals surface area contributed by atoms with Crippen molar-refractivity contribution in [3.05, 3.63) is 29.8 Å². The van der Waals surface area contributed by atoms with Crippen molar-refractivity contribution in [3.63, 3.8) is 0 Å². The van der Waals surface area contributed by atoms with Gasteiger partial charge in [0.2, 0.25) is 5.91 Å². The first-order valence-corrected chi connectivity index (χ1v) is 9.17. The van der Waals surface area contributed by atoms with Crippen LogP contribution in [-0.4, -0.2) is 45.2 Å². The number of rotatable bonds is 6. The summed E-state index contributed by atoms with van der Waals surface area (Å²) >= 11 is 0. The molecule has 0 saturated carbocycles. The molecule has 0 aromatic heterocycles. The number of amidine groups is 1. The molecule has 6 nitrogen and oxygen atoms in total. The smallest absolute Gasteiger partial charge is 0.285 e. The molecular weight excluding hydrogens is 314 g/mol. The zero-order chi connectivity index (χ0) is 17.0. The van der Waals surface area contributed by atoms with Crippen molar-refractivity contribution >= 4 is 21.8 Å². The molecule has 0 bridgehead atoms. The van der Waals surface area contributed by atoms with Gasteiger partial charge in [-0.05, 0) is 30.9 Å². The molecule has 0 fully saturated rings. The number of nitrogens with zero attached hydrogens (tertiary/aromatic N) is 2. The van der Waals surface area contributed by atoms with Gasteiger partial charge in [-0.15, -0.1) is 4.40 Å². The summed E-state index contributed by atoms with van der Waals surface area (Å²) in [5.74, 6) is 0.794. The molecule has 0 atom stereocenters. The van der Waals surface area contributed by atoms with Crippen molar-refractivity contribution < 1.29 is 13.2 Å². The summed E-state index contributed by atoms with van der Waals surface area (Å²) in [5, 5.41) is 2.85. The molecule has 1 amide bonds. The predicted molar refractivity (Wildman–Crippen MR) is 89.9 cm³/mol. The van der Waals surface area contributed by atoms with Crippen LogP contribution in [0.15, 0.2) is 33.6 Å². The van der Waals surface area contributed by atoms with E-state index in [1.807, 2.05) is 0 Å². The maximum Gasteiger partial charge on any atom is 0.285 e. The molecule has 7 heteroatoms. The number of amides is 1. The Kier molecular flexibility index (Phi) is 5.41.